The van der Waals surface area contributed by atoms with Crippen molar-refractivity contribution in [3.63, 3.8) is 0 Å². The molecule has 4 heteroatoms. The molecule has 1 unspecified atom stereocenters. The Hall–Kier alpha value is -5.74. The maximum atomic E-state index is 5.76. The lowest BCUT2D eigenvalue weighted by Gasteiger charge is -2.26. The van der Waals surface area contributed by atoms with Gasteiger partial charge in [-0.1, -0.05) is 80.9 Å². The Balaban J connectivity index is 1.70. The van der Waals surface area contributed by atoms with E-state index in [-0.39, 0.29) is 11.8 Å². The van der Waals surface area contributed by atoms with Gasteiger partial charge in [-0.2, -0.15) is 0 Å². The molecule has 0 aliphatic heterocycles. The fraction of sp³-hybridized carbons (Fsp3) is 0.191. The van der Waals surface area contributed by atoms with Crippen molar-refractivity contribution in [2.24, 2.45) is 0 Å². The summed E-state index contributed by atoms with van der Waals surface area (Å²) in [6.45, 7) is 29.8. The first-order valence-electron chi connectivity index (χ1n) is 17.1. The average molecular weight is 677 g/mol. The minimum atomic E-state index is -0.0395. The number of hydrogen-bond acceptors (Lipinski definition) is 4. The quantitative estimate of drug-likeness (QED) is 0.0866. The molecule has 1 atom stereocenters. The van der Waals surface area contributed by atoms with Crippen LogP contribution in [0.1, 0.15) is 84.2 Å². The van der Waals surface area contributed by atoms with Gasteiger partial charge < -0.3 is 18.9 Å². The van der Waals surface area contributed by atoms with E-state index < -0.39 is 0 Å². The van der Waals surface area contributed by atoms with Crippen LogP contribution in [0, 0.1) is 48.5 Å². The summed E-state index contributed by atoms with van der Waals surface area (Å²) in [4.78, 5) is 0. The Bertz CT molecular complexity index is 2040. The Labute approximate surface area is 304 Å². The van der Waals surface area contributed by atoms with Crippen LogP contribution in [0.5, 0.6) is 23.0 Å². The minimum Gasteiger partial charge on any atom is -0.465 e. The van der Waals surface area contributed by atoms with E-state index in [4.69, 9.17) is 18.9 Å². The molecule has 0 spiro atoms. The molecule has 0 saturated heterocycles. The lowest BCUT2D eigenvalue weighted by Crippen LogP contribution is -2.10. The highest BCUT2D eigenvalue weighted by Crippen LogP contribution is 2.42. The summed E-state index contributed by atoms with van der Waals surface area (Å²) in [6.07, 6.45) is 5.89. The largest absolute Gasteiger partial charge is 0.465 e. The van der Waals surface area contributed by atoms with E-state index in [1.165, 1.54) is 58.4 Å². The van der Waals surface area contributed by atoms with Crippen LogP contribution in [0.15, 0.2) is 130 Å². The summed E-state index contributed by atoms with van der Waals surface area (Å²) in [5.74, 6) is 3.13. The van der Waals surface area contributed by atoms with E-state index >= 15 is 0 Å². The molecular weight excluding hydrogens is 629 g/mol. The van der Waals surface area contributed by atoms with E-state index in [0.29, 0.717) is 0 Å². The normalized spacial score (nSPS) is 11.5. The summed E-state index contributed by atoms with van der Waals surface area (Å²) in [5, 5.41) is 0. The van der Waals surface area contributed by atoms with Crippen LogP contribution in [-0.4, -0.2) is 0 Å². The second kappa shape index (κ2) is 15.9. The number of benzene rings is 5. The highest BCUT2D eigenvalue weighted by Gasteiger charge is 2.26. The lowest BCUT2D eigenvalue weighted by atomic mass is 9.78. The third-order valence-electron chi connectivity index (χ3n) is 9.60. The van der Waals surface area contributed by atoms with Crippen molar-refractivity contribution in [3.05, 3.63) is 203 Å². The Morgan fingerprint density at radius 3 is 1.04 bits per heavy atom. The van der Waals surface area contributed by atoms with Crippen molar-refractivity contribution in [2.75, 3.05) is 0 Å². The van der Waals surface area contributed by atoms with Gasteiger partial charge >= 0.3 is 0 Å². The summed E-state index contributed by atoms with van der Waals surface area (Å²) < 4.78 is 22.9. The molecule has 0 amide bonds. The Morgan fingerprint density at radius 1 is 0.353 bits per heavy atom. The summed E-state index contributed by atoms with van der Waals surface area (Å²) >= 11 is 0. The lowest BCUT2D eigenvalue weighted by molar-refractivity contribution is 0.478. The van der Waals surface area contributed by atoms with Gasteiger partial charge in [-0.05, 0) is 145 Å². The molecule has 260 valence electrons. The Morgan fingerprint density at radius 2 is 0.667 bits per heavy atom. The summed E-state index contributed by atoms with van der Waals surface area (Å²) in [6, 6.07) is 28.5. The fourth-order valence-electron chi connectivity index (χ4n) is 7.05. The zero-order valence-electron chi connectivity index (χ0n) is 30.9. The monoisotopic (exact) mass is 676 g/mol. The zero-order chi connectivity index (χ0) is 36.8. The van der Waals surface area contributed by atoms with Crippen molar-refractivity contribution in [2.45, 2.75) is 60.3 Å². The van der Waals surface area contributed by atoms with Crippen molar-refractivity contribution >= 4 is 0 Å². The molecule has 0 bridgehead atoms. The van der Waals surface area contributed by atoms with Gasteiger partial charge in [-0.15, -0.1) is 0 Å². The van der Waals surface area contributed by atoms with Crippen LogP contribution in [0.3, 0.4) is 0 Å². The predicted octanol–water partition coefficient (Wildman–Crippen LogP) is 12.3. The van der Waals surface area contributed by atoms with Crippen molar-refractivity contribution < 1.29 is 18.9 Å². The molecule has 0 fully saturated rings. The third kappa shape index (κ3) is 7.71. The number of ether oxygens (including phenoxy) is 4. The van der Waals surface area contributed by atoms with Crippen molar-refractivity contribution in [3.8, 4) is 23.0 Å². The molecule has 0 aromatic heterocycles. The second-order valence-corrected chi connectivity index (χ2v) is 13.1. The van der Waals surface area contributed by atoms with Gasteiger partial charge in [0.25, 0.3) is 0 Å². The van der Waals surface area contributed by atoms with Crippen LogP contribution >= 0.6 is 0 Å². The van der Waals surface area contributed by atoms with Crippen LogP contribution in [0.4, 0.5) is 0 Å². The molecule has 0 aliphatic rings. The molecule has 0 N–H and O–H groups in total. The van der Waals surface area contributed by atoms with Crippen LogP contribution in [0.25, 0.3) is 0 Å². The van der Waals surface area contributed by atoms with Crippen LogP contribution in [0.2, 0.25) is 0 Å². The molecule has 0 saturated carbocycles. The molecule has 5 aromatic rings. The number of aryl methyl sites for hydroxylation is 7. The van der Waals surface area contributed by atoms with E-state index in [1.54, 1.807) is 0 Å². The van der Waals surface area contributed by atoms with Gasteiger partial charge in [-0.25, -0.2) is 0 Å². The van der Waals surface area contributed by atoms with Crippen LogP contribution in [-0.2, 0) is 0 Å². The maximum absolute atomic E-state index is 5.76. The number of rotatable bonds is 14. The second-order valence-electron chi connectivity index (χ2n) is 13.1. The smallest absolute Gasteiger partial charge is 0.129 e. The van der Waals surface area contributed by atoms with Gasteiger partial charge in [0, 0.05) is 11.8 Å². The van der Waals surface area contributed by atoms with E-state index in [9.17, 15) is 0 Å². The van der Waals surface area contributed by atoms with E-state index in [1.807, 2.05) is 6.07 Å². The number of hydrogen-bond donors (Lipinski definition) is 0. The molecule has 5 rings (SSSR count). The molecule has 0 heterocycles. The summed E-state index contributed by atoms with van der Waals surface area (Å²) in [7, 11) is 0. The highest BCUT2D eigenvalue weighted by molar-refractivity contribution is 5.57. The highest BCUT2D eigenvalue weighted by atomic mass is 16.5. The first-order chi connectivity index (χ1) is 24.5. The first-order valence-corrected chi connectivity index (χ1v) is 17.1. The third-order valence-corrected chi connectivity index (χ3v) is 9.60. The van der Waals surface area contributed by atoms with Crippen LogP contribution < -0.4 is 18.9 Å². The first kappa shape index (κ1) is 36.5. The molecule has 5 aromatic carbocycles. The molecule has 0 aliphatic carbocycles. The topological polar surface area (TPSA) is 36.9 Å². The van der Waals surface area contributed by atoms with E-state index in [2.05, 4.69) is 148 Å². The minimum absolute atomic E-state index is 0.0379. The van der Waals surface area contributed by atoms with Gasteiger partial charge in [0.1, 0.15) is 23.0 Å². The predicted molar refractivity (Wildman–Crippen MR) is 211 cm³/mol. The molecule has 0 radical (unpaired) electrons. The zero-order valence-corrected chi connectivity index (χ0v) is 30.9. The van der Waals surface area contributed by atoms with Crippen molar-refractivity contribution in [1.29, 1.82) is 0 Å². The van der Waals surface area contributed by atoms with Gasteiger partial charge in [-0.3, -0.25) is 0 Å². The molecule has 51 heavy (non-hydrogen) atoms. The summed E-state index contributed by atoms with van der Waals surface area (Å²) in [5.41, 5.74) is 14.8. The van der Waals surface area contributed by atoms with Gasteiger partial charge in [0.05, 0.1) is 25.0 Å². The fourth-order valence-corrected chi connectivity index (χ4v) is 7.05. The van der Waals surface area contributed by atoms with Gasteiger partial charge in [0.2, 0.25) is 0 Å². The molecular formula is C47H48O4. The standard InChI is InChI=1S/C47H48O4/c1-12-48-42-21-20-38(22-32(42)8)46(39-23-33(9)43(49-13-2)26-29(39)5)36-16-18-37(19-17-36)47(40-24-34(10)44(50-14-3)27-30(40)6)41-25-35(11)45(51-15-4)28-31(41)7/h12-28,46-47H,1-4H2,5-11H3. The molecule has 4 nitrogen and oxygen atoms in total. The maximum Gasteiger partial charge on any atom is 0.129 e. The van der Waals surface area contributed by atoms with Crippen molar-refractivity contribution in [1.82, 2.24) is 0 Å². The van der Waals surface area contributed by atoms with Gasteiger partial charge in [0.15, 0.2) is 0 Å². The SMILES string of the molecule is C=COc1ccc(C(c2ccc(C(c3cc(C)c(OC=C)cc3C)c3cc(C)c(OC=C)cc3C)cc2)c2cc(C)c(OC=C)cc2C)cc1C. The van der Waals surface area contributed by atoms with E-state index in [0.717, 1.165) is 61.9 Å². The Kier molecular flexibility index (Phi) is 11.4. The average Bonchev–Trinajstić information content (AvgIpc) is 3.10.